The summed E-state index contributed by atoms with van der Waals surface area (Å²) in [7, 11) is 0. The zero-order chi connectivity index (χ0) is 12.3. The zero-order valence-corrected chi connectivity index (χ0v) is 10.5. The van der Waals surface area contributed by atoms with Crippen LogP contribution in [0.5, 0.6) is 0 Å². The van der Waals surface area contributed by atoms with Gasteiger partial charge in [0, 0.05) is 18.2 Å². The molecule has 1 aliphatic heterocycles. The van der Waals surface area contributed by atoms with E-state index in [0.717, 1.165) is 19.6 Å². The van der Waals surface area contributed by atoms with E-state index in [0.29, 0.717) is 5.57 Å². The molecule has 0 fully saturated rings. The van der Waals surface area contributed by atoms with Crippen LogP contribution in [0.15, 0.2) is 11.6 Å². The molecule has 0 bridgehead atoms. The highest BCUT2D eigenvalue weighted by atomic mass is 16.2. The number of likely N-dealkylation sites (N-methyl/N-ethyl adjacent to an activating group) is 1. The maximum atomic E-state index is 11.7. The number of amides is 2. The first-order valence-corrected chi connectivity index (χ1v) is 5.79. The lowest BCUT2D eigenvalue weighted by Gasteiger charge is -2.28. The van der Waals surface area contributed by atoms with Crippen molar-refractivity contribution < 1.29 is 9.59 Å². The van der Waals surface area contributed by atoms with Crippen molar-refractivity contribution in [3.8, 4) is 0 Å². The van der Waals surface area contributed by atoms with Crippen LogP contribution in [0.4, 0.5) is 0 Å². The summed E-state index contributed by atoms with van der Waals surface area (Å²) in [6.45, 7) is 10.4. The van der Waals surface area contributed by atoms with Gasteiger partial charge in [-0.3, -0.25) is 14.5 Å². The normalized spacial score (nSPS) is 18.3. The molecule has 1 rings (SSSR count). The summed E-state index contributed by atoms with van der Waals surface area (Å²) in [6.07, 6.45) is 1.42. The minimum Gasteiger partial charge on any atom is -0.302 e. The average molecular weight is 224 g/mol. The van der Waals surface area contributed by atoms with Crippen LogP contribution in [-0.4, -0.2) is 47.3 Å². The molecular formula is C12H20N2O2. The molecule has 2 amide bonds. The molecule has 0 aliphatic carbocycles. The summed E-state index contributed by atoms with van der Waals surface area (Å²) >= 11 is 0. The van der Waals surface area contributed by atoms with Crippen LogP contribution in [0, 0.1) is 0 Å². The summed E-state index contributed by atoms with van der Waals surface area (Å²) in [4.78, 5) is 26.9. The third-order valence-corrected chi connectivity index (χ3v) is 2.99. The number of rotatable bonds is 5. The third-order valence-electron chi connectivity index (χ3n) is 2.99. The second-order valence-electron chi connectivity index (χ2n) is 4.18. The fraction of sp³-hybridized carbons (Fsp3) is 0.667. The van der Waals surface area contributed by atoms with Gasteiger partial charge < -0.3 is 4.90 Å². The topological polar surface area (TPSA) is 40.6 Å². The molecule has 1 aliphatic rings. The standard InChI is InChI=1S/C12H20N2O2/c1-5-13(6-2)8-10(4)14-11(15)7-9(3)12(14)16/h7,10H,5-6,8H2,1-4H3. The highest BCUT2D eigenvalue weighted by Gasteiger charge is 2.32. The van der Waals surface area contributed by atoms with Gasteiger partial charge in [-0.1, -0.05) is 13.8 Å². The molecule has 4 nitrogen and oxygen atoms in total. The highest BCUT2D eigenvalue weighted by molar-refractivity contribution is 6.16. The van der Waals surface area contributed by atoms with Gasteiger partial charge in [0.25, 0.3) is 11.8 Å². The van der Waals surface area contributed by atoms with Crippen LogP contribution in [-0.2, 0) is 9.59 Å². The van der Waals surface area contributed by atoms with Gasteiger partial charge in [-0.05, 0) is 26.9 Å². The number of carbonyl (C=O) groups excluding carboxylic acids is 2. The fourth-order valence-corrected chi connectivity index (χ4v) is 1.96. The molecule has 16 heavy (non-hydrogen) atoms. The average Bonchev–Trinajstić information content (AvgIpc) is 2.49. The number of hydrogen-bond acceptors (Lipinski definition) is 3. The van der Waals surface area contributed by atoms with Crippen molar-refractivity contribution in [2.24, 2.45) is 0 Å². The lowest BCUT2D eigenvalue weighted by molar-refractivity contribution is -0.139. The van der Waals surface area contributed by atoms with Gasteiger partial charge in [-0.2, -0.15) is 0 Å². The van der Waals surface area contributed by atoms with Crippen molar-refractivity contribution >= 4 is 11.8 Å². The van der Waals surface area contributed by atoms with Crippen LogP contribution < -0.4 is 0 Å². The Hall–Kier alpha value is -1.16. The first-order chi connectivity index (χ1) is 7.51. The lowest BCUT2D eigenvalue weighted by Crippen LogP contribution is -2.45. The second-order valence-corrected chi connectivity index (χ2v) is 4.18. The number of hydrogen-bond donors (Lipinski definition) is 0. The summed E-state index contributed by atoms with van der Waals surface area (Å²) in [5, 5.41) is 0. The molecule has 4 heteroatoms. The van der Waals surface area contributed by atoms with Gasteiger partial charge in [0.15, 0.2) is 0 Å². The van der Waals surface area contributed by atoms with Crippen molar-refractivity contribution in [3.05, 3.63) is 11.6 Å². The summed E-state index contributed by atoms with van der Waals surface area (Å²) in [5.74, 6) is -0.327. The maximum absolute atomic E-state index is 11.7. The van der Waals surface area contributed by atoms with Gasteiger partial charge in [0.2, 0.25) is 0 Å². The minimum absolute atomic E-state index is 0.0615. The Morgan fingerprint density at radius 1 is 1.31 bits per heavy atom. The maximum Gasteiger partial charge on any atom is 0.256 e. The molecular weight excluding hydrogens is 204 g/mol. The molecule has 0 saturated heterocycles. The molecule has 0 aromatic carbocycles. The number of nitrogens with zero attached hydrogens (tertiary/aromatic N) is 2. The quantitative estimate of drug-likeness (QED) is 0.655. The number of carbonyl (C=O) groups is 2. The highest BCUT2D eigenvalue weighted by Crippen LogP contribution is 2.15. The second kappa shape index (κ2) is 5.25. The molecule has 0 saturated carbocycles. The first kappa shape index (κ1) is 12.9. The van der Waals surface area contributed by atoms with E-state index >= 15 is 0 Å². The van der Waals surface area contributed by atoms with E-state index in [-0.39, 0.29) is 17.9 Å². The van der Waals surface area contributed by atoms with Crippen molar-refractivity contribution in [1.29, 1.82) is 0 Å². The van der Waals surface area contributed by atoms with E-state index in [2.05, 4.69) is 18.7 Å². The van der Waals surface area contributed by atoms with Crippen LogP contribution in [0.25, 0.3) is 0 Å². The van der Waals surface area contributed by atoms with Gasteiger partial charge in [-0.25, -0.2) is 0 Å². The minimum atomic E-state index is -0.179. The smallest absolute Gasteiger partial charge is 0.256 e. The Morgan fingerprint density at radius 2 is 1.88 bits per heavy atom. The SMILES string of the molecule is CCN(CC)CC(C)N1C(=O)C=C(C)C1=O. The van der Waals surface area contributed by atoms with E-state index < -0.39 is 0 Å². The molecule has 0 N–H and O–H groups in total. The van der Waals surface area contributed by atoms with Crippen LogP contribution in [0.1, 0.15) is 27.7 Å². The molecule has 0 spiro atoms. The first-order valence-electron chi connectivity index (χ1n) is 5.79. The van der Waals surface area contributed by atoms with E-state index in [1.165, 1.54) is 11.0 Å². The Kier molecular flexibility index (Phi) is 4.24. The van der Waals surface area contributed by atoms with Crippen molar-refractivity contribution in [3.63, 3.8) is 0 Å². The van der Waals surface area contributed by atoms with Crippen LogP contribution in [0.3, 0.4) is 0 Å². The van der Waals surface area contributed by atoms with Gasteiger partial charge >= 0.3 is 0 Å². The number of imide groups is 1. The predicted octanol–water partition coefficient (Wildman–Crippen LogP) is 1.03. The molecule has 0 aromatic rings. The van der Waals surface area contributed by atoms with E-state index in [9.17, 15) is 9.59 Å². The Balaban J connectivity index is 2.65. The summed E-state index contributed by atoms with van der Waals surface area (Å²) < 4.78 is 0. The molecule has 1 unspecified atom stereocenters. The van der Waals surface area contributed by atoms with Crippen molar-refractivity contribution in [2.75, 3.05) is 19.6 Å². The monoisotopic (exact) mass is 224 g/mol. The zero-order valence-electron chi connectivity index (χ0n) is 10.5. The Labute approximate surface area is 96.9 Å². The summed E-state index contributed by atoms with van der Waals surface area (Å²) in [6, 6.07) is -0.0615. The van der Waals surface area contributed by atoms with Crippen LogP contribution >= 0.6 is 0 Å². The Bertz CT molecular complexity index is 319. The fourth-order valence-electron chi connectivity index (χ4n) is 1.96. The van der Waals surface area contributed by atoms with E-state index in [1.807, 2.05) is 6.92 Å². The molecule has 0 aromatic heterocycles. The molecule has 1 atom stereocenters. The predicted molar refractivity (Wildman–Crippen MR) is 62.9 cm³/mol. The van der Waals surface area contributed by atoms with Gasteiger partial charge in [0.05, 0.1) is 6.04 Å². The van der Waals surface area contributed by atoms with E-state index in [1.54, 1.807) is 6.92 Å². The molecule has 90 valence electrons. The van der Waals surface area contributed by atoms with Crippen molar-refractivity contribution in [1.82, 2.24) is 9.80 Å². The van der Waals surface area contributed by atoms with Crippen LogP contribution in [0.2, 0.25) is 0 Å². The van der Waals surface area contributed by atoms with Gasteiger partial charge in [0.1, 0.15) is 0 Å². The largest absolute Gasteiger partial charge is 0.302 e. The van der Waals surface area contributed by atoms with Gasteiger partial charge in [-0.15, -0.1) is 0 Å². The third kappa shape index (κ3) is 2.50. The summed E-state index contributed by atoms with van der Waals surface area (Å²) in [5.41, 5.74) is 0.538. The molecule has 1 heterocycles. The molecule has 0 radical (unpaired) electrons. The lowest BCUT2D eigenvalue weighted by atomic mass is 10.2. The van der Waals surface area contributed by atoms with Crippen molar-refractivity contribution in [2.45, 2.75) is 33.7 Å². The van der Waals surface area contributed by atoms with E-state index in [4.69, 9.17) is 0 Å². The Morgan fingerprint density at radius 3 is 2.25 bits per heavy atom.